The molecular formula is C9H14N2O. The highest BCUT2D eigenvalue weighted by atomic mass is 16.3. The van der Waals surface area contributed by atoms with Gasteiger partial charge < -0.3 is 10.4 Å². The first-order valence-electron chi connectivity index (χ1n) is 4.06. The monoisotopic (exact) mass is 166 g/mol. The van der Waals surface area contributed by atoms with Crippen LogP contribution >= 0.6 is 0 Å². The molecule has 0 aliphatic heterocycles. The van der Waals surface area contributed by atoms with E-state index in [1.54, 1.807) is 12.4 Å². The molecule has 0 spiro atoms. The summed E-state index contributed by atoms with van der Waals surface area (Å²) < 4.78 is 0. The Bertz CT molecular complexity index is 213. The summed E-state index contributed by atoms with van der Waals surface area (Å²) in [6, 6.07) is 4.06. The normalized spacial score (nSPS) is 12.8. The van der Waals surface area contributed by atoms with Crippen molar-refractivity contribution in [2.75, 3.05) is 6.61 Å². The number of pyridine rings is 1. The van der Waals surface area contributed by atoms with Crippen molar-refractivity contribution < 1.29 is 5.11 Å². The molecule has 1 aromatic rings. The minimum Gasteiger partial charge on any atom is -0.395 e. The van der Waals surface area contributed by atoms with Gasteiger partial charge in [-0.1, -0.05) is 0 Å². The molecule has 3 nitrogen and oxygen atoms in total. The van der Waals surface area contributed by atoms with Gasteiger partial charge in [0, 0.05) is 25.0 Å². The first-order valence-corrected chi connectivity index (χ1v) is 4.06. The quantitative estimate of drug-likeness (QED) is 0.686. The van der Waals surface area contributed by atoms with Crippen LogP contribution in [-0.2, 0) is 6.54 Å². The Kier molecular flexibility index (Phi) is 3.70. The topological polar surface area (TPSA) is 45.1 Å². The summed E-state index contributed by atoms with van der Waals surface area (Å²) >= 11 is 0. The van der Waals surface area contributed by atoms with E-state index >= 15 is 0 Å². The molecule has 0 unspecified atom stereocenters. The third kappa shape index (κ3) is 2.98. The second-order valence-corrected chi connectivity index (χ2v) is 2.82. The first kappa shape index (κ1) is 9.16. The summed E-state index contributed by atoms with van der Waals surface area (Å²) in [5.74, 6) is 0. The average Bonchev–Trinajstić information content (AvgIpc) is 2.16. The molecule has 66 valence electrons. The molecule has 0 bridgehead atoms. The lowest BCUT2D eigenvalue weighted by atomic mass is 10.2. The number of nitrogens with one attached hydrogen (secondary N) is 1. The van der Waals surface area contributed by atoms with Crippen molar-refractivity contribution in [3.8, 4) is 0 Å². The van der Waals surface area contributed by atoms with E-state index in [1.165, 1.54) is 5.56 Å². The van der Waals surface area contributed by atoms with Crippen LogP contribution in [0.1, 0.15) is 12.5 Å². The maximum atomic E-state index is 8.74. The largest absolute Gasteiger partial charge is 0.395 e. The molecular weight excluding hydrogens is 152 g/mol. The van der Waals surface area contributed by atoms with E-state index in [0.717, 1.165) is 6.54 Å². The maximum absolute atomic E-state index is 8.74. The van der Waals surface area contributed by atoms with Crippen molar-refractivity contribution in [2.24, 2.45) is 0 Å². The van der Waals surface area contributed by atoms with E-state index in [-0.39, 0.29) is 12.6 Å². The highest BCUT2D eigenvalue weighted by Gasteiger charge is 1.97. The van der Waals surface area contributed by atoms with Crippen LogP contribution in [-0.4, -0.2) is 22.7 Å². The van der Waals surface area contributed by atoms with Gasteiger partial charge in [-0.2, -0.15) is 0 Å². The van der Waals surface area contributed by atoms with Gasteiger partial charge in [-0.25, -0.2) is 0 Å². The van der Waals surface area contributed by atoms with Crippen LogP contribution in [0.25, 0.3) is 0 Å². The number of hydrogen-bond acceptors (Lipinski definition) is 3. The molecule has 0 fully saturated rings. The number of aliphatic hydroxyl groups is 1. The zero-order valence-corrected chi connectivity index (χ0v) is 7.20. The average molecular weight is 166 g/mol. The fourth-order valence-corrected chi connectivity index (χ4v) is 0.857. The van der Waals surface area contributed by atoms with E-state index in [2.05, 4.69) is 10.3 Å². The molecule has 0 saturated carbocycles. The Morgan fingerprint density at radius 3 is 2.75 bits per heavy atom. The van der Waals surface area contributed by atoms with Crippen LogP contribution in [0.15, 0.2) is 24.5 Å². The molecule has 0 aliphatic rings. The molecule has 1 atom stereocenters. The van der Waals surface area contributed by atoms with Gasteiger partial charge in [0.05, 0.1) is 6.61 Å². The van der Waals surface area contributed by atoms with Gasteiger partial charge in [-0.3, -0.25) is 4.98 Å². The molecule has 12 heavy (non-hydrogen) atoms. The van der Waals surface area contributed by atoms with Crippen LogP contribution in [0.3, 0.4) is 0 Å². The van der Waals surface area contributed by atoms with Gasteiger partial charge in [-0.05, 0) is 24.6 Å². The van der Waals surface area contributed by atoms with Crippen molar-refractivity contribution in [2.45, 2.75) is 19.5 Å². The number of hydrogen-bond donors (Lipinski definition) is 2. The molecule has 0 aliphatic carbocycles. The van der Waals surface area contributed by atoms with Crippen molar-refractivity contribution in [3.05, 3.63) is 30.1 Å². The van der Waals surface area contributed by atoms with E-state index in [1.807, 2.05) is 19.1 Å². The predicted molar refractivity (Wildman–Crippen MR) is 47.6 cm³/mol. The number of aliphatic hydroxyl groups excluding tert-OH is 1. The van der Waals surface area contributed by atoms with Crippen LogP contribution in [0.5, 0.6) is 0 Å². The van der Waals surface area contributed by atoms with Crippen LogP contribution in [0.2, 0.25) is 0 Å². The highest BCUT2D eigenvalue weighted by Crippen LogP contribution is 1.95. The minimum absolute atomic E-state index is 0.151. The Balaban J connectivity index is 2.33. The Morgan fingerprint density at radius 1 is 1.50 bits per heavy atom. The summed E-state index contributed by atoms with van der Waals surface area (Å²) in [5, 5.41) is 11.9. The zero-order chi connectivity index (χ0) is 8.81. The fourth-order valence-electron chi connectivity index (χ4n) is 0.857. The molecule has 0 aromatic carbocycles. The molecule has 0 radical (unpaired) electrons. The molecule has 1 heterocycles. The summed E-state index contributed by atoms with van der Waals surface area (Å²) in [6.07, 6.45) is 3.53. The summed E-state index contributed by atoms with van der Waals surface area (Å²) in [4.78, 5) is 3.92. The molecule has 1 aromatic heterocycles. The maximum Gasteiger partial charge on any atom is 0.0582 e. The predicted octanol–water partition coefficient (Wildman–Crippen LogP) is 0.552. The Morgan fingerprint density at radius 2 is 2.17 bits per heavy atom. The fraction of sp³-hybridized carbons (Fsp3) is 0.444. The Labute approximate surface area is 72.5 Å². The van der Waals surface area contributed by atoms with E-state index in [4.69, 9.17) is 5.11 Å². The van der Waals surface area contributed by atoms with Gasteiger partial charge >= 0.3 is 0 Å². The first-order chi connectivity index (χ1) is 5.83. The van der Waals surface area contributed by atoms with Crippen molar-refractivity contribution in [1.29, 1.82) is 0 Å². The van der Waals surface area contributed by atoms with Gasteiger partial charge in [-0.15, -0.1) is 0 Å². The third-order valence-electron chi connectivity index (χ3n) is 1.68. The molecule has 1 rings (SSSR count). The minimum atomic E-state index is 0.151. The van der Waals surface area contributed by atoms with E-state index in [9.17, 15) is 0 Å². The highest BCUT2D eigenvalue weighted by molar-refractivity contribution is 5.09. The summed E-state index contributed by atoms with van der Waals surface area (Å²) in [5.41, 5.74) is 1.19. The molecule has 0 saturated heterocycles. The molecule has 0 amide bonds. The van der Waals surface area contributed by atoms with Gasteiger partial charge in [0.15, 0.2) is 0 Å². The molecule has 3 heteroatoms. The van der Waals surface area contributed by atoms with Gasteiger partial charge in [0.25, 0.3) is 0 Å². The second-order valence-electron chi connectivity index (χ2n) is 2.82. The van der Waals surface area contributed by atoms with Crippen molar-refractivity contribution >= 4 is 0 Å². The summed E-state index contributed by atoms with van der Waals surface area (Å²) in [6.45, 7) is 2.90. The number of aromatic nitrogens is 1. The number of nitrogens with zero attached hydrogens (tertiary/aromatic N) is 1. The zero-order valence-electron chi connectivity index (χ0n) is 7.20. The van der Waals surface area contributed by atoms with Crippen LogP contribution < -0.4 is 5.32 Å². The molecule has 2 N–H and O–H groups in total. The van der Waals surface area contributed by atoms with Crippen molar-refractivity contribution in [1.82, 2.24) is 10.3 Å². The SMILES string of the molecule is C[C@H](CO)NCc1ccncc1. The number of rotatable bonds is 4. The third-order valence-corrected chi connectivity index (χ3v) is 1.68. The van der Waals surface area contributed by atoms with E-state index < -0.39 is 0 Å². The summed E-state index contributed by atoms with van der Waals surface area (Å²) in [7, 11) is 0. The lowest BCUT2D eigenvalue weighted by Crippen LogP contribution is -2.28. The lowest BCUT2D eigenvalue weighted by molar-refractivity contribution is 0.251. The van der Waals surface area contributed by atoms with Crippen molar-refractivity contribution in [3.63, 3.8) is 0 Å². The van der Waals surface area contributed by atoms with Crippen LogP contribution in [0.4, 0.5) is 0 Å². The smallest absolute Gasteiger partial charge is 0.0582 e. The lowest BCUT2D eigenvalue weighted by Gasteiger charge is -2.09. The van der Waals surface area contributed by atoms with Gasteiger partial charge in [0.2, 0.25) is 0 Å². The van der Waals surface area contributed by atoms with Gasteiger partial charge in [0.1, 0.15) is 0 Å². The Hall–Kier alpha value is -0.930. The van der Waals surface area contributed by atoms with E-state index in [0.29, 0.717) is 0 Å². The second kappa shape index (κ2) is 4.85. The standard InChI is InChI=1S/C9H14N2O/c1-8(7-12)11-6-9-2-4-10-5-3-9/h2-5,8,11-12H,6-7H2,1H3/t8-/m1/s1. The van der Waals surface area contributed by atoms with Crippen LogP contribution in [0, 0.1) is 0 Å².